The number of hydrogen-bond acceptors (Lipinski definition) is 8. The van der Waals surface area contributed by atoms with Gasteiger partial charge in [0.25, 0.3) is 5.56 Å². The number of carbonyl (C=O) groups excluding carboxylic acids is 1. The number of carbonyl (C=O) groups is 1. The van der Waals surface area contributed by atoms with Gasteiger partial charge in [0.2, 0.25) is 11.1 Å². The van der Waals surface area contributed by atoms with Gasteiger partial charge in [-0.25, -0.2) is 0 Å². The first-order chi connectivity index (χ1) is 14.9. The fraction of sp³-hybridized carbons (Fsp3) is 0.238. The Kier molecular flexibility index (Phi) is 7.14. The van der Waals surface area contributed by atoms with E-state index in [4.69, 9.17) is 15.3 Å². The standard InChI is InChI=1S/C21H23N5O4S/c1-13-4-6-14(7-5-13)10-17-20(28)26(22)21(25-24-17)31-12-19(27)23-16-11-15(29-2)8-9-18(16)30-3/h4-9,11H,10,12,22H2,1-3H3,(H,23,27). The lowest BCUT2D eigenvalue weighted by Gasteiger charge is -2.12. The van der Waals surface area contributed by atoms with Crippen LogP contribution in [0.4, 0.5) is 5.69 Å². The Balaban J connectivity index is 1.66. The third kappa shape index (κ3) is 5.54. The average Bonchev–Trinajstić information content (AvgIpc) is 2.77. The number of amides is 1. The zero-order valence-electron chi connectivity index (χ0n) is 17.4. The number of aryl methyl sites for hydroxylation is 1. The number of aromatic nitrogens is 3. The van der Waals surface area contributed by atoms with Gasteiger partial charge < -0.3 is 20.6 Å². The van der Waals surface area contributed by atoms with Crippen LogP contribution in [0.25, 0.3) is 0 Å². The SMILES string of the molecule is COc1ccc(OC)c(NC(=O)CSc2nnc(Cc3ccc(C)cc3)c(=O)n2N)c1. The molecule has 10 heteroatoms. The molecule has 0 saturated carbocycles. The van der Waals surface area contributed by atoms with Gasteiger partial charge in [0, 0.05) is 12.5 Å². The van der Waals surface area contributed by atoms with Crippen LogP contribution in [0.3, 0.4) is 0 Å². The van der Waals surface area contributed by atoms with E-state index in [1.54, 1.807) is 18.2 Å². The van der Waals surface area contributed by atoms with E-state index in [1.165, 1.54) is 14.2 Å². The molecule has 0 unspecified atom stereocenters. The highest BCUT2D eigenvalue weighted by atomic mass is 32.2. The molecule has 3 N–H and O–H groups in total. The summed E-state index contributed by atoms with van der Waals surface area (Å²) in [6.07, 6.45) is 0.324. The highest BCUT2D eigenvalue weighted by molar-refractivity contribution is 7.99. The van der Waals surface area contributed by atoms with Crippen LogP contribution in [0.1, 0.15) is 16.8 Å². The maximum atomic E-state index is 12.5. The zero-order chi connectivity index (χ0) is 22.4. The monoisotopic (exact) mass is 441 g/mol. The second-order valence-corrected chi connectivity index (χ2v) is 7.61. The molecule has 0 aliphatic carbocycles. The largest absolute Gasteiger partial charge is 0.497 e. The number of ether oxygens (including phenoxy) is 2. The molecule has 0 fully saturated rings. The minimum atomic E-state index is -0.451. The minimum Gasteiger partial charge on any atom is -0.497 e. The lowest BCUT2D eigenvalue weighted by molar-refractivity contribution is -0.113. The maximum absolute atomic E-state index is 12.5. The Morgan fingerprint density at radius 3 is 2.55 bits per heavy atom. The van der Waals surface area contributed by atoms with Crippen LogP contribution < -0.4 is 26.2 Å². The summed E-state index contributed by atoms with van der Waals surface area (Å²) in [5.74, 6) is 6.62. The van der Waals surface area contributed by atoms with Crippen molar-refractivity contribution >= 4 is 23.4 Å². The molecule has 0 spiro atoms. The van der Waals surface area contributed by atoms with Gasteiger partial charge >= 0.3 is 0 Å². The number of nitrogens with two attached hydrogens (primary N) is 1. The number of nitrogen functional groups attached to an aromatic ring is 1. The fourth-order valence-electron chi connectivity index (χ4n) is 2.76. The van der Waals surface area contributed by atoms with Crippen molar-refractivity contribution in [3.8, 4) is 11.5 Å². The molecule has 1 amide bonds. The van der Waals surface area contributed by atoms with Gasteiger partial charge in [-0.1, -0.05) is 41.6 Å². The van der Waals surface area contributed by atoms with E-state index >= 15 is 0 Å². The van der Waals surface area contributed by atoms with Gasteiger partial charge in [0.05, 0.1) is 25.7 Å². The molecule has 0 saturated heterocycles. The molecule has 0 atom stereocenters. The van der Waals surface area contributed by atoms with Crippen molar-refractivity contribution < 1.29 is 14.3 Å². The van der Waals surface area contributed by atoms with Crippen molar-refractivity contribution in [1.82, 2.24) is 14.9 Å². The molecule has 0 radical (unpaired) electrons. The van der Waals surface area contributed by atoms with E-state index in [0.717, 1.165) is 27.6 Å². The van der Waals surface area contributed by atoms with E-state index in [0.29, 0.717) is 23.6 Å². The molecular weight excluding hydrogens is 418 g/mol. The highest BCUT2D eigenvalue weighted by Crippen LogP contribution is 2.29. The van der Waals surface area contributed by atoms with Gasteiger partial charge in [-0.2, -0.15) is 4.68 Å². The van der Waals surface area contributed by atoms with Crippen LogP contribution in [0, 0.1) is 6.92 Å². The first-order valence-electron chi connectivity index (χ1n) is 9.35. The third-order valence-corrected chi connectivity index (χ3v) is 5.38. The summed E-state index contributed by atoms with van der Waals surface area (Å²) in [4.78, 5) is 24.9. The molecule has 0 bridgehead atoms. The molecule has 31 heavy (non-hydrogen) atoms. The third-order valence-electron chi connectivity index (χ3n) is 4.43. The lowest BCUT2D eigenvalue weighted by Crippen LogP contribution is -2.34. The molecule has 0 aliphatic heterocycles. The molecule has 9 nitrogen and oxygen atoms in total. The van der Waals surface area contributed by atoms with Crippen molar-refractivity contribution in [3.63, 3.8) is 0 Å². The number of nitrogens with zero attached hydrogens (tertiary/aromatic N) is 3. The van der Waals surface area contributed by atoms with Crippen LogP contribution >= 0.6 is 11.8 Å². The Labute approximate surface area is 183 Å². The molecule has 2 aromatic carbocycles. The summed E-state index contributed by atoms with van der Waals surface area (Å²) >= 11 is 1.01. The fourth-order valence-corrected chi connectivity index (χ4v) is 3.41. The van der Waals surface area contributed by atoms with Crippen molar-refractivity contribution in [2.75, 3.05) is 31.1 Å². The molecule has 1 heterocycles. The Morgan fingerprint density at radius 2 is 1.87 bits per heavy atom. The van der Waals surface area contributed by atoms with E-state index in [-0.39, 0.29) is 22.5 Å². The van der Waals surface area contributed by atoms with Crippen LogP contribution in [0.15, 0.2) is 52.4 Å². The predicted molar refractivity (Wildman–Crippen MR) is 119 cm³/mol. The number of rotatable bonds is 8. The summed E-state index contributed by atoms with van der Waals surface area (Å²) in [5.41, 5.74) is 2.32. The van der Waals surface area contributed by atoms with Crippen molar-refractivity contribution in [2.45, 2.75) is 18.5 Å². The van der Waals surface area contributed by atoms with Gasteiger partial charge in [-0.3, -0.25) is 9.59 Å². The Bertz CT molecular complexity index is 1130. The number of hydrogen-bond donors (Lipinski definition) is 2. The topological polar surface area (TPSA) is 121 Å². The molecule has 0 aliphatic rings. The Hall–Kier alpha value is -3.53. The number of thioether (sulfide) groups is 1. The molecule has 3 rings (SSSR count). The second kappa shape index (κ2) is 9.98. The quantitative estimate of drug-likeness (QED) is 0.402. The van der Waals surface area contributed by atoms with Gasteiger partial charge in [0.1, 0.15) is 17.2 Å². The minimum absolute atomic E-state index is 0.0248. The first-order valence-corrected chi connectivity index (χ1v) is 10.3. The van der Waals surface area contributed by atoms with Gasteiger partial charge in [0.15, 0.2) is 0 Å². The summed E-state index contributed by atoms with van der Waals surface area (Å²) in [6, 6.07) is 12.9. The zero-order valence-corrected chi connectivity index (χ0v) is 18.2. The van der Waals surface area contributed by atoms with Crippen molar-refractivity contribution in [1.29, 1.82) is 0 Å². The summed E-state index contributed by atoms with van der Waals surface area (Å²) in [6.45, 7) is 1.99. The smallest absolute Gasteiger partial charge is 0.294 e. The predicted octanol–water partition coefficient (Wildman–Crippen LogP) is 2.00. The van der Waals surface area contributed by atoms with Crippen molar-refractivity contribution in [3.05, 3.63) is 69.6 Å². The average molecular weight is 442 g/mol. The normalized spacial score (nSPS) is 10.5. The van der Waals surface area contributed by atoms with Crippen LogP contribution in [-0.4, -0.2) is 40.8 Å². The molecular formula is C21H23N5O4S. The van der Waals surface area contributed by atoms with Crippen molar-refractivity contribution in [2.24, 2.45) is 0 Å². The van der Waals surface area contributed by atoms with E-state index < -0.39 is 5.56 Å². The number of nitrogens with one attached hydrogen (secondary N) is 1. The Morgan fingerprint density at radius 1 is 1.13 bits per heavy atom. The number of methoxy groups -OCH3 is 2. The maximum Gasteiger partial charge on any atom is 0.294 e. The molecule has 162 valence electrons. The highest BCUT2D eigenvalue weighted by Gasteiger charge is 2.14. The van der Waals surface area contributed by atoms with E-state index in [9.17, 15) is 9.59 Å². The first kappa shape index (κ1) is 22.2. The number of anilines is 1. The summed E-state index contributed by atoms with van der Waals surface area (Å²) in [7, 11) is 3.04. The molecule has 1 aromatic heterocycles. The van der Waals surface area contributed by atoms with Crippen LogP contribution in [0.2, 0.25) is 0 Å². The van der Waals surface area contributed by atoms with Crippen LogP contribution in [0.5, 0.6) is 11.5 Å². The summed E-state index contributed by atoms with van der Waals surface area (Å²) in [5, 5.41) is 10.9. The second-order valence-electron chi connectivity index (χ2n) is 6.67. The van der Waals surface area contributed by atoms with Crippen LogP contribution in [-0.2, 0) is 11.2 Å². The molecule has 3 aromatic rings. The number of benzene rings is 2. The van der Waals surface area contributed by atoms with E-state index in [1.807, 2.05) is 31.2 Å². The van der Waals surface area contributed by atoms with E-state index in [2.05, 4.69) is 15.5 Å². The lowest BCUT2D eigenvalue weighted by atomic mass is 10.1. The van der Waals surface area contributed by atoms with Gasteiger partial charge in [-0.05, 0) is 24.6 Å². The summed E-state index contributed by atoms with van der Waals surface area (Å²) < 4.78 is 11.3. The van der Waals surface area contributed by atoms with Gasteiger partial charge in [-0.15, -0.1) is 10.2 Å².